The molecule has 166 valence electrons. The van der Waals surface area contributed by atoms with Crippen molar-refractivity contribution in [3.8, 4) is 16.9 Å². The van der Waals surface area contributed by atoms with Crippen molar-refractivity contribution in [2.75, 3.05) is 13.7 Å². The van der Waals surface area contributed by atoms with Crippen LogP contribution in [0.4, 0.5) is 0 Å². The number of amides is 1. The zero-order valence-electron chi connectivity index (χ0n) is 18.1. The number of hydrogen-bond donors (Lipinski definition) is 3. The largest absolute Gasteiger partial charge is 0.497 e. The summed E-state index contributed by atoms with van der Waals surface area (Å²) in [6.07, 6.45) is 0.542. The maximum absolute atomic E-state index is 13.1. The average Bonchev–Trinajstić information content (AvgIpc) is 3.56. The number of H-pyrrole nitrogens is 1. The number of aromatic nitrogens is 1. The second-order valence-electron chi connectivity index (χ2n) is 8.72. The zero-order valence-corrected chi connectivity index (χ0v) is 18.1. The topological polar surface area (TPSA) is 106 Å². The van der Waals surface area contributed by atoms with E-state index in [2.05, 4.69) is 10.3 Å². The van der Waals surface area contributed by atoms with Crippen LogP contribution in [-0.2, 0) is 4.74 Å². The van der Waals surface area contributed by atoms with E-state index >= 15 is 0 Å². The van der Waals surface area contributed by atoms with Crippen molar-refractivity contribution in [1.82, 2.24) is 10.3 Å². The number of nitrogens with two attached hydrogens (primary N) is 1. The van der Waals surface area contributed by atoms with Gasteiger partial charge in [0.2, 0.25) is 0 Å². The number of aromatic amines is 1. The van der Waals surface area contributed by atoms with Crippen molar-refractivity contribution < 1.29 is 19.1 Å². The third-order valence-electron chi connectivity index (χ3n) is 6.75. The summed E-state index contributed by atoms with van der Waals surface area (Å²) in [7, 11) is 1.62. The van der Waals surface area contributed by atoms with Crippen LogP contribution < -0.4 is 15.8 Å². The Morgan fingerprint density at radius 3 is 2.67 bits per heavy atom. The van der Waals surface area contributed by atoms with Gasteiger partial charge in [-0.05, 0) is 47.9 Å². The van der Waals surface area contributed by atoms with Gasteiger partial charge in [0.15, 0.2) is 5.78 Å². The van der Waals surface area contributed by atoms with Crippen LogP contribution in [0.3, 0.4) is 0 Å². The Morgan fingerprint density at radius 2 is 1.94 bits per heavy atom. The highest BCUT2D eigenvalue weighted by Crippen LogP contribution is 2.35. The predicted molar refractivity (Wildman–Crippen MR) is 126 cm³/mol. The first kappa shape index (κ1) is 20.0. The number of fused-ring (bicyclic) bond motifs is 5. The van der Waals surface area contributed by atoms with Crippen molar-refractivity contribution in [2.24, 2.45) is 5.73 Å². The van der Waals surface area contributed by atoms with Crippen LogP contribution in [0.15, 0.2) is 54.6 Å². The number of carbonyl (C=O) groups excluding carboxylic acids is 2. The first-order valence-electron chi connectivity index (χ1n) is 11.0. The summed E-state index contributed by atoms with van der Waals surface area (Å²) in [5.74, 6) is 0.184. The highest BCUT2D eigenvalue weighted by Gasteiger charge is 2.44. The van der Waals surface area contributed by atoms with E-state index in [0.717, 1.165) is 46.1 Å². The molecule has 0 radical (unpaired) electrons. The number of ether oxygens (including phenoxy) is 2. The van der Waals surface area contributed by atoms with Gasteiger partial charge in [-0.2, -0.15) is 0 Å². The zero-order chi connectivity index (χ0) is 22.7. The van der Waals surface area contributed by atoms with E-state index in [9.17, 15) is 9.59 Å². The summed E-state index contributed by atoms with van der Waals surface area (Å²) in [5, 5.41) is 5.14. The van der Waals surface area contributed by atoms with E-state index in [4.69, 9.17) is 15.2 Å². The third kappa shape index (κ3) is 3.20. The van der Waals surface area contributed by atoms with Gasteiger partial charge < -0.3 is 25.5 Å². The van der Waals surface area contributed by atoms with E-state index in [0.29, 0.717) is 16.6 Å². The molecule has 2 fully saturated rings. The fourth-order valence-electron chi connectivity index (χ4n) is 5.10. The second kappa shape index (κ2) is 7.43. The maximum Gasteiger partial charge on any atom is 0.250 e. The molecule has 0 saturated carbocycles. The number of benzene rings is 3. The van der Waals surface area contributed by atoms with E-state index in [-0.39, 0.29) is 17.9 Å². The molecule has 0 aliphatic carbocycles. The summed E-state index contributed by atoms with van der Waals surface area (Å²) >= 11 is 0. The summed E-state index contributed by atoms with van der Waals surface area (Å²) in [6.45, 7) is 0.807. The fraction of sp³-hybridized carbons (Fsp3) is 0.231. The number of rotatable bonds is 5. The molecule has 3 atom stereocenters. The van der Waals surface area contributed by atoms with Crippen molar-refractivity contribution in [3.05, 3.63) is 65.7 Å². The van der Waals surface area contributed by atoms with E-state index < -0.39 is 12.0 Å². The van der Waals surface area contributed by atoms with E-state index in [1.54, 1.807) is 13.2 Å². The van der Waals surface area contributed by atoms with Crippen molar-refractivity contribution in [1.29, 1.82) is 0 Å². The number of methoxy groups -OCH3 is 1. The molecule has 2 bridgehead atoms. The van der Waals surface area contributed by atoms with Crippen LogP contribution >= 0.6 is 0 Å². The highest BCUT2D eigenvalue weighted by atomic mass is 16.5. The van der Waals surface area contributed by atoms with Crippen molar-refractivity contribution in [3.63, 3.8) is 0 Å². The Bertz CT molecular complexity index is 1440. The number of ketones is 1. The summed E-state index contributed by atoms with van der Waals surface area (Å²) in [5.41, 5.74) is 9.93. The van der Waals surface area contributed by atoms with Gasteiger partial charge in [0.1, 0.15) is 11.9 Å². The molecular weight excluding hydrogens is 418 g/mol. The summed E-state index contributed by atoms with van der Waals surface area (Å²) in [6, 6.07) is 17.1. The first-order valence-corrected chi connectivity index (χ1v) is 11.0. The number of hydrogen-bond acceptors (Lipinski definition) is 5. The molecular formula is C26H23N3O4. The Balaban J connectivity index is 1.47. The molecule has 1 unspecified atom stereocenters. The van der Waals surface area contributed by atoms with Crippen molar-refractivity contribution in [2.45, 2.75) is 24.7 Å². The Labute approximate surface area is 189 Å². The molecule has 7 nitrogen and oxygen atoms in total. The molecule has 1 amide bonds. The molecule has 0 spiro atoms. The molecule has 4 N–H and O–H groups in total. The molecule has 4 aromatic rings. The second-order valence-corrected chi connectivity index (χ2v) is 8.72. The van der Waals surface area contributed by atoms with Gasteiger partial charge in [-0.25, -0.2) is 0 Å². The van der Waals surface area contributed by atoms with Gasteiger partial charge in [0.25, 0.3) is 5.91 Å². The smallest absolute Gasteiger partial charge is 0.250 e. The molecule has 2 aliphatic heterocycles. The van der Waals surface area contributed by atoms with Gasteiger partial charge in [0, 0.05) is 34.4 Å². The van der Waals surface area contributed by atoms with Crippen LogP contribution in [0.25, 0.3) is 32.9 Å². The van der Waals surface area contributed by atoms with Crippen LogP contribution in [-0.4, -0.2) is 48.6 Å². The molecule has 3 aromatic carbocycles. The number of nitrogens with one attached hydrogen (secondary N) is 2. The van der Waals surface area contributed by atoms with E-state index in [1.807, 2.05) is 48.5 Å². The lowest BCUT2D eigenvalue weighted by Crippen LogP contribution is -2.44. The quantitative estimate of drug-likeness (QED) is 0.412. The first-order chi connectivity index (χ1) is 16.0. The SMILES string of the molecule is COc1cccc(-c2cc(C(N)=O)c3[nH]c4cc(C(=O)C5O[C@H]6CN[C@H]5C6)ccc4c3c2)c1. The minimum Gasteiger partial charge on any atom is -0.497 e. The lowest BCUT2D eigenvalue weighted by atomic mass is 9.97. The molecule has 1 aromatic heterocycles. The third-order valence-corrected chi connectivity index (χ3v) is 6.75. The number of carbonyl (C=O) groups is 2. The van der Waals surface area contributed by atoms with Crippen molar-refractivity contribution >= 4 is 33.5 Å². The van der Waals surface area contributed by atoms with Gasteiger partial charge in [-0.15, -0.1) is 0 Å². The van der Waals surface area contributed by atoms with Gasteiger partial charge in [-0.3, -0.25) is 9.59 Å². The Hall–Kier alpha value is -3.68. The van der Waals surface area contributed by atoms with Gasteiger partial charge >= 0.3 is 0 Å². The Morgan fingerprint density at radius 1 is 1.06 bits per heavy atom. The minimum atomic E-state index is -0.519. The molecule has 2 aliphatic rings. The molecule has 2 saturated heterocycles. The number of morpholine rings is 1. The molecule has 7 heteroatoms. The molecule has 33 heavy (non-hydrogen) atoms. The lowest BCUT2D eigenvalue weighted by molar-refractivity contribution is 0.0192. The van der Waals surface area contributed by atoms with Gasteiger partial charge in [-0.1, -0.05) is 24.3 Å². The number of primary amides is 1. The molecule has 3 heterocycles. The Kier molecular flexibility index (Phi) is 4.50. The maximum atomic E-state index is 13.1. The monoisotopic (exact) mass is 441 g/mol. The van der Waals surface area contributed by atoms with E-state index in [1.165, 1.54) is 0 Å². The summed E-state index contributed by atoms with van der Waals surface area (Å²) < 4.78 is 11.2. The lowest BCUT2D eigenvalue weighted by Gasteiger charge is -2.22. The van der Waals surface area contributed by atoms with Crippen LogP contribution in [0.5, 0.6) is 5.75 Å². The fourth-order valence-corrected chi connectivity index (χ4v) is 5.10. The molecule has 6 rings (SSSR count). The highest BCUT2D eigenvalue weighted by molar-refractivity contribution is 6.17. The van der Waals surface area contributed by atoms with Crippen LogP contribution in [0.2, 0.25) is 0 Å². The average molecular weight is 441 g/mol. The van der Waals surface area contributed by atoms with Gasteiger partial charge in [0.05, 0.1) is 24.3 Å². The minimum absolute atomic E-state index is 0.0255. The summed E-state index contributed by atoms with van der Waals surface area (Å²) in [4.78, 5) is 28.7. The standard InChI is InChI=1S/C26H23N3O4/c1-32-16-4-2-3-13(7-16)15-8-19-18-6-5-14(24(30)25-22-11-17(33-25)12-28-22)10-21(18)29-23(19)20(9-15)26(27)31/h2-10,17,22,25,28-29H,11-12H2,1H3,(H2,27,31)/t17-,22+,25?/m1/s1. The number of Topliss-reactive ketones (excluding diaryl/α,β-unsaturated/α-hetero) is 1. The predicted octanol–water partition coefficient (Wildman–Crippen LogP) is 3.41. The van der Waals surface area contributed by atoms with Crippen LogP contribution in [0.1, 0.15) is 27.1 Å². The van der Waals surface area contributed by atoms with Crippen LogP contribution in [0, 0.1) is 0 Å². The normalized spacial score (nSPS) is 21.7.